The van der Waals surface area contributed by atoms with Gasteiger partial charge in [-0.25, -0.2) is 14.1 Å². The van der Waals surface area contributed by atoms with Gasteiger partial charge in [0.05, 0.1) is 19.9 Å². The number of ether oxygens (including phenoxy) is 3. The number of esters is 1. The molecule has 1 saturated heterocycles. The fraction of sp³-hybridized carbons (Fsp3) is 0.143. The lowest BCUT2D eigenvalue weighted by atomic mass is 10.1. The van der Waals surface area contributed by atoms with Gasteiger partial charge in [0.2, 0.25) is 0 Å². The highest BCUT2D eigenvalue weighted by Crippen LogP contribution is 2.35. The number of carbonyl (C=O) groups excluding carboxylic acids is 3. The molecule has 0 aromatic heterocycles. The zero-order valence-corrected chi connectivity index (χ0v) is 19.2. The normalized spacial score (nSPS) is 14.9. The van der Waals surface area contributed by atoms with Crippen molar-refractivity contribution in [3.05, 3.63) is 57.8 Å². The molecule has 0 radical (unpaired) electrons. The third kappa shape index (κ3) is 4.78. The molecule has 1 N–H and O–H groups in total. The quantitative estimate of drug-likeness (QED) is 0.269. The summed E-state index contributed by atoms with van der Waals surface area (Å²) in [5, 5.41) is 2.16. The number of amides is 2. The van der Waals surface area contributed by atoms with Crippen LogP contribution in [0, 0.1) is 5.82 Å². The number of nitrogens with one attached hydrogen (secondary N) is 1. The van der Waals surface area contributed by atoms with Gasteiger partial charge in [-0.15, -0.1) is 0 Å². The predicted molar refractivity (Wildman–Crippen MR) is 121 cm³/mol. The first-order valence-electron chi connectivity index (χ1n) is 9.00. The van der Waals surface area contributed by atoms with E-state index >= 15 is 0 Å². The van der Waals surface area contributed by atoms with Gasteiger partial charge in [0.25, 0.3) is 11.8 Å². The van der Waals surface area contributed by atoms with E-state index in [0.717, 1.165) is 4.90 Å². The molecule has 1 heterocycles. The summed E-state index contributed by atoms with van der Waals surface area (Å²) in [5.74, 6) is -2.29. The summed E-state index contributed by atoms with van der Waals surface area (Å²) in [6, 6.07) is 8.59. The topological polar surface area (TPSA) is 94.2 Å². The number of para-hydroxylation sites is 1. The maximum absolute atomic E-state index is 14.3. The Bertz CT molecular complexity index is 1150. The van der Waals surface area contributed by atoms with Crippen molar-refractivity contribution in [2.75, 3.05) is 25.7 Å². The Morgan fingerprint density at radius 3 is 2.59 bits per heavy atom. The van der Waals surface area contributed by atoms with Crippen molar-refractivity contribution in [3.63, 3.8) is 0 Å². The van der Waals surface area contributed by atoms with Gasteiger partial charge in [0.15, 0.2) is 23.2 Å². The Hall–Kier alpha value is -3.31. The maximum Gasteiger partial charge on any atom is 0.343 e. The molecule has 0 unspecified atom stereocenters. The van der Waals surface area contributed by atoms with E-state index in [4.69, 9.17) is 21.7 Å². The molecule has 11 heteroatoms. The van der Waals surface area contributed by atoms with Gasteiger partial charge in [-0.1, -0.05) is 28.1 Å². The molecule has 166 valence electrons. The fourth-order valence-electron chi connectivity index (χ4n) is 2.79. The molecule has 8 nitrogen and oxygen atoms in total. The van der Waals surface area contributed by atoms with Gasteiger partial charge in [0.1, 0.15) is 11.4 Å². The van der Waals surface area contributed by atoms with Crippen LogP contribution in [0.4, 0.5) is 10.1 Å². The van der Waals surface area contributed by atoms with Gasteiger partial charge in [-0.3, -0.25) is 14.9 Å². The molecule has 2 aromatic rings. The first-order valence-corrected chi connectivity index (χ1v) is 10.2. The van der Waals surface area contributed by atoms with Crippen LogP contribution in [-0.2, 0) is 19.1 Å². The van der Waals surface area contributed by atoms with Crippen molar-refractivity contribution in [2.24, 2.45) is 0 Å². The summed E-state index contributed by atoms with van der Waals surface area (Å²) >= 11 is 8.42. The van der Waals surface area contributed by atoms with Crippen LogP contribution in [0.5, 0.6) is 11.5 Å². The van der Waals surface area contributed by atoms with E-state index in [1.54, 1.807) is 6.07 Å². The Kier molecular flexibility index (Phi) is 7.21. The average molecular weight is 523 g/mol. The zero-order valence-electron chi connectivity index (χ0n) is 16.8. The van der Waals surface area contributed by atoms with Crippen LogP contribution in [0.1, 0.15) is 5.56 Å². The summed E-state index contributed by atoms with van der Waals surface area (Å²) in [4.78, 5) is 37.8. The van der Waals surface area contributed by atoms with Gasteiger partial charge < -0.3 is 14.2 Å². The smallest absolute Gasteiger partial charge is 0.343 e. The Morgan fingerprint density at radius 2 is 1.94 bits per heavy atom. The van der Waals surface area contributed by atoms with E-state index in [1.807, 2.05) is 0 Å². The molecule has 0 bridgehead atoms. The Balaban J connectivity index is 1.99. The molecule has 1 aliphatic heterocycles. The van der Waals surface area contributed by atoms with Crippen LogP contribution < -0.4 is 19.7 Å². The van der Waals surface area contributed by atoms with E-state index in [1.165, 1.54) is 50.6 Å². The summed E-state index contributed by atoms with van der Waals surface area (Å²) in [6.45, 7) is -0.338. The van der Waals surface area contributed by atoms with Gasteiger partial charge in [-0.2, -0.15) is 0 Å². The minimum Gasteiger partial charge on any atom is -0.493 e. The summed E-state index contributed by atoms with van der Waals surface area (Å²) in [5.41, 5.74) is 0.0384. The highest BCUT2D eigenvalue weighted by molar-refractivity contribution is 9.10. The van der Waals surface area contributed by atoms with Crippen molar-refractivity contribution in [2.45, 2.75) is 0 Å². The van der Waals surface area contributed by atoms with Crippen molar-refractivity contribution >= 4 is 62.8 Å². The number of rotatable bonds is 6. The number of methoxy groups -OCH3 is 2. The molecule has 0 saturated carbocycles. The summed E-state index contributed by atoms with van der Waals surface area (Å²) in [6.07, 6.45) is 1.31. The monoisotopic (exact) mass is 522 g/mol. The maximum atomic E-state index is 14.3. The van der Waals surface area contributed by atoms with E-state index < -0.39 is 23.6 Å². The van der Waals surface area contributed by atoms with Gasteiger partial charge in [0, 0.05) is 4.47 Å². The first kappa shape index (κ1) is 23.4. The first-order chi connectivity index (χ1) is 15.3. The summed E-state index contributed by atoms with van der Waals surface area (Å²) in [7, 11) is 2.62. The molecular weight excluding hydrogens is 507 g/mol. The minimum absolute atomic E-state index is 0.0865. The molecule has 0 aliphatic carbocycles. The molecule has 0 atom stereocenters. The Labute approximate surface area is 196 Å². The second-order valence-electron chi connectivity index (χ2n) is 6.30. The lowest BCUT2D eigenvalue weighted by Gasteiger charge is -2.29. The van der Waals surface area contributed by atoms with Crippen LogP contribution in [0.25, 0.3) is 6.08 Å². The Morgan fingerprint density at radius 1 is 1.22 bits per heavy atom. The number of thiocarbonyl (C=S) groups is 1. The summed E-state index contributed by atoms with van der Waals surface area (Å²) < 4.78 is 29.9. The highest BCUT2D eigenvalue weighted by Gasteiger charge is 2.35. The molecule has 2 aromatic carbocycles. The predicted octanol–water partition coefficient (Wildman–Crippen LogP) is 2.98. The number of anilines is 1. The van der Waals surface area contributed by atoms with Crippen LogP contribution in [0.2, 0.25) is 0 Å². The fourth-order valence-corrected chi connectivity index (χ4v) is 3.51. The number of nitrogens with zero attached hydrogens (tertiary/aromatic N) is 1. The van der Waals surface area contributed by atoms with Crippen molar-refractivity contribution in [1.82, 2.24) is 5.32 Å². The van der Waals surface area contributed by atoms with E-state index in [9.17, 15) is 18.8 Å². The molecule has 0 spiro atoms. The second-order valence-corrected chi connectivity index (χ2v) is 7.54. The number of carbonyl (C=O) groups is 3. The molecule has 1 aliphatic rings. The third-order valence-electron chi connectivity index (χ3n) is 4.35. The zero-order chi connectivity index (χ0) is 23.4. The van der Waals surface area contributed by atoms with Crippen molar-refractivity contribution in [3.8, 4) is 11.5 Å². The number of halogens is 2. The van der Waals surface area contributed by atoms with Gasteiger partial charge in [-0.05, 0) is 48.1 Å². The molecular formula is C21H16BrFN2O6S. The van der Waals surface area contributed by atoms with E-state index in [2.05, 4.69) is 26.0 Å². The van der Waals surface area contributed by atoms with Crippen LogP contribution in [-0.4, -0.2) is 43.7 Å². The lowest BCUT2D eigenvalue weighted by Crippen LogP contribution is -2.54. The molecule has 1 fully saturated rings. The molecule has 3 rings (SSSR count). The largest absolute Gasteiger partial charge is 0.493 e. The lowest BCUT2D eigenvalue weighted by molar-refractivity contribution is -0.143. The average Bonchev–Trinajstić information content (AvgIpc) is 2.77. The van der Waals surface area contributed by atoms with Gasteiger partial charge >= 0.3 is 5.97 Å². The van der Waals surface area contributed by atoms with E-state index in [-0.39, 0.29) is 34.5 Å². The molecule has 2 amide bonds. The SMILES string of the molecule is COC(=O)COc1cc(Br)c(/C=C2\C(=O)NC(=S)N(c3ccccc3F)C2=O)cc1OC. The van der Waals surface area contributed by atoms with Crippen LogP contribution in [0.15, 0.2) is 46.4 Å². The van der Waals surface area contributed by atoms with E-state index in [0.29, 0.717) is 10.0 Å². The third-order valence-corrected chi connectivity index (χ3v) is 5.32. The van der Waals surface area contributed by atoms with Crippen LogP contribution >= 0.6 is 28.1 Å². The van der Waals surface area contributed by atoms with Crippen molar-refractivity contribution < 1.29 is 33.0 Å². The minimum atomic E-state index is -0.791. The second kappa shape index (κ2) is 9.88. The van der Waals surface area contributed by atoms with Crippen LogP contribution in [0.3, 0.4) is 0 Å². The number of hydrogen-bond donors (Lipinski definition) is 1. The number of benzene rings is 2. The molecule has 32 heavy (non-hydrogen) atoms. The van der Waals surface area contributed by atoms with Crippen molar-refractivity contribution in [1.29, 1.82) is 0 Å². The number of hydrogen-bond acceptors (Lipinski definition) is 7. The standard InChI is InChI=1S/C21H16BrFN2O6S/c1-29-16-8-11(13(22)9-17(16)31-10-18(26)30-2)7-12-19(27)24-21(32)25(20(12)28)15-6-4-3-5-14(15)23/h3-9H,10H2,1-2H3,(H,24,27,32)/b12-7+. The highest BCUT2D eigenvalue weighted by atomic mass is 79.9.